The Labute approximate surface area is 198 Å². The average molecular weight is 495 g/mol. The summed E-state index contributed by atoms with van der Waals surface area (Å²) in [6.45, 7) is 8.83. The number of esters is 1. The maximum absolute atomic E-state index is 12.4. The molecular weight excluding hydrogens is 452 g/mol. The quantitative estimate of drug-likeness (QED) is 0.0872. The lowest BCUT2D eigenvalue weighted by Crippen LogP contribution is -2.51. The van der Waals surface area contributed by atoms with Crippen LogP contribution in [0.1, 0.15) is 84.9 Å². The first-order valence-corrected chi connectivity index (χ1v) is 13.1. The normalized spacial score (nSPS) is 13.2. The Morgan fingerprint density at radius 2 is 1.61 bits per heavy atom. The van der Waals surface area contributed by atoms with Crippen molar-refractivity contribution in [3.8, 4) is 0 Å². The van der Waals surface area contributed by atoms with Gasteiger partial charge >= 0.3 is 17.6 Å². The Morgan fingerprint density at radius 3 is 2.12 bits per heavy atom. The van der Waals surface area contributed by atoms with Crippen molar-refractivity contribution < 1.29 is 40.7 Å². The van der Waals surface area contributed by atoms with Gasteiger partial charge in [0.1, 0.15) is 12.4 Å². The molecule has 10 nitrogen and oxygen atoms in total. The number of aryl methyl sites for hydroxylation is 1. The van der Waals surface area contributed by atoms with E-state index >= 15 is 0 Å². The summed E-state index contributed by atoms with van der Waals surface area (Å²) in [5, 5.41) is 0. The maximum atomic E-state index is 12.4. The molecule has 194 valence electrons. The van der Waals surface area contributed by atoms with Crippen LogP contribution in [0.2, 0.25) is 0 Å². The van der Waals surface area contributed by atoms with E-state index in [0.717, 1.165) is 25.7 Å². The second-order valence-corrected chi connectivity index (χ2v) is 8.44. The fourth-order valence-corrected chi connectivity index (χ4v) is 3.28. The van der Waals surface area contributed by atoms with Gasteiger partial charge in [-0.05, 0) is 26.7 Å². The number of unbranched alkanes of at least 4 members (excludes halogenated alkanes) is 6. The molecule has 0 saturated carbocycles. The first-order valence-electron chi connectivity index (χ1n) is 11.8. The van der Waals surface area contributed by atoms with Gasteiger partial charge in [-0.2, -0.15) is 0 Å². The number of aromatic amines is 1. The summed E-state index contributed by atoms with van der Waals surface area (Å²) in [5.41, 5.74) is 0. The van der Waals surface area contributed by atoms with Crippen LogP contribution in [-0.4, -0.2) is 50.4 Å². The van der Waals surface area contributed by atoms with Crippen molar-refractivity contribution in [2.45, 2.75) is 84.8 Å². The highest BCUT2D eigenvalue weighted by Gasteiger charge is 2.52. The van der Waals surface area contributed by atoms with Gasteiger partial charge in [0.05, 0.1) is 26.9 Å². The molecule has 1 N–H and O–H groups in total. The number of carbonyl (C=O) groups excluding carboxylic acids is 1. The molecule has 1 atom stereocenters. The number of rotatable bonds is 17. The highest BCUT2D eigenvalue weighted by Crippen LogP contribution is 2.26. The molecule has 0 bridgehead atoms. The van der Waals surface area contributed by atoms with Crippen molar-refractivity contribution in [3.63, 3.8) is 0 Å². The predicted octanol–water partition coefficient (Wildman–Crippen LogP) is 3.23. The van der Waals surface area contributed by atoms with Crippen LogP contribution >= 0.6 is 0 Å². The summed E-state index contributed by atoms with van der Waals surface area (Å²) in [6, 6.07) is 0. The summed E-state index contributed by atoms with van der Waals surface area (Å²) in [6.07, 6.45) is 11.6. The lowest BCUT2D eigenvalue weighted by atomic mass is 10.1. The molecule has 1 heterocycles. The zero-order chi connectivity index (χ0) is 25.2. The summed E-state index contributed by atoms with van der Waals surface area (Å²) in [4.78, 5) is 15.4. The van der Waals surface area contributed by atoms with Crippen LogP contribution in [0.5, 0.6) is 0 Å². The Balaban J connectivity index is 0.000000684. The number of carbonyl (C=O) groups is 1. The monoisotopic (exact) mass is 494 g/mol. The Bertz CT molecular complexity index is 739. The van der Waals surface area contributed by atoms with E-state index in [2.05, 4.69) is 23.0 Å². The van der Waals surface area contributed by atoms with Crippen LogP contribution in [0.3, 0.4) is 0 Å². The zero-order valence-electron chi connectivity index (χ0n) is 20.8. The van der Waals surface area contributed by atoms with Gasteiger partial charge in [0.25, 0.3) is 0 Å². The van der Waals surface area contributed by atoms with Crippen molar-refractivity contribution in [1.82, 2.24) is 4.98 Å². The third-order valence-electron chi connectivity index (χ3n) is 4.60. The van der Waals surface area contributed by atoms with Crippen molar-refractivity contribution in [1.29, 1.82) is 0 Å². The van der Waals surface area contributed by atoms with E-state index in [1.165, 1.54) is 19.3 Å². The van der Waals surface area contributed by atoms with E-state index < -0.39 is 22.2 Å². The first kappa shape index (κ1) is 31.5. The molecule has 11 heteroatoms. The molecule has 0 saturated heterocycles. The van der Waals surface area contributed by atoms with Crippen LogP contribution in [0.15, 0.2) is 12.4 Å². The largest absolute Gasteiger partial charge is 0.726 e. The number of hydrogen-bond donors (Lipinski definition) is 1. The number of nitrogens with zero attached hydrogens (tertiary/aromatic N) is 1. The number of imidazole rings is 1. The second kappa shape index (κ2) is 17.9. The zero-order valence-corrected chi connectivity index (χ0v) is 21.6. The van der Waals surface area contributed by atoms with Crippen molar-refractivity contribution >= 4 is 16.4 Å². The molecule has 1 unspecified atom stereocenters. The molecule has 0 aliphatic rings. The van der Waals surface area contributed by atoms with Crippen LogP contribution in [-0.2, 0) is 46.4 Å². The first-order chi connectivity index (χ1) is 15.7. The second-order valence-electron chi connectivity index (χ2n) is 7.39. The predicted molar refractivity (Wildman–Crippen MR) is 122 cm³/mol. The number of ether oxygens (including phenoxy) is 3. The Morgan fingerprint density at radius 1 is 0.970 bits per heavy atom. The van der Waals surface area contributed by atoms with E-state index in [1.807, 2.05) is 14.0 Å². The molecule has 33 heavy (non-hydrogen) atoms. The number of aromatic nitrogens is 2. The molecule has 1 aromatic heterocycles. The van der Waals surface area contributed by atoms with E-state index in [4.69, 9.17) is 14.2 Å². The van der Waals surface area contributed by atoms with Gasteiger partial charge < -0.3 is 18.8 Å². The fourth-order valence-electron chi connectivity index (χ4n) is 2.96. The molecule has 1 aromatic rings. The minimum atomic E-state index is -4.47. The standard InChI is InChI=1S/C14H24N2O4.C8H18O4S/c1-5-8-11-20-14(19-7-3,13(17)18-6-2)12-15-9-10-16(12)4;1-2-3-4-5-6-7-8-12-13(9,10)11/h9-10H,5-8,11H2,1-4H3;2-8H2,1H3,(H,9,10,11). The highest BCUT2D eigenvalue weighted by molar-refractivity contribution is 7.80. The molecule has 0 spiro atoms. The molecule has 1 rings (SSSR count). The van der Waals surface area contributed by atoms with Crippen molar-refractivity contribution in [3.05, 3.63) is 18.2 Å². The SMILES string of the molecule is CCCCCCCCOS(=O)(=O)[O-].CCCCOC(OCC)(C(=O)OCC)c1[nH]cc[n+]1C. The molecule has 0 fully saturated rings. The highest BCUT2D eigenvalue weighted by atomic mass is 32.3. The van der Waals surface area contributed by atoms with Gasteiger partial charge in [-0.25, -0.2) is 22.8 Å². The van der Waals surface area contributed by atoms with Crippen molar-refractivity contribution in [2.24, 2.45) is 7.05 Å². The van der Waals surface area contributed by atoms with Crippen LogP contribution in [0, 0.1) is 0 Å². The minimum absolute atomic E-state index is 0.0258. The average Bonchev–Trinajstić information content (AvgIpc) is 3.19. The summed E-state index contributed by atoms with van der Waals surface area (Å²) in [7, 11) is -2.65. The molecule has 0 aliphatic carbocycles. The van der Waals surface area contributed by atoms with Gasteiger partial charge in [0, 0.05) is 6.61 Å². The molecule has 0 amide bonds. The molecule has 0 aliphatic heterocycles. The smallest absolute Gasteiger partial charge is 0.380 e. The summed E-state index contributed by atoms with van der Waals surface area (Å²) >= 11 is 0. The lowest BCUT2D eigenvalue weighted by Gasteiger charge is -2.27. The Kier molecular flexibility index (Phi) is 17.1. The number of nitrogens with one attached hydrogen (secondary N) is 1. The third kappa shape index (κ3) is 13.1. The van der Waals surface area contributed by atoms with E-state index in [-0.39, 0.29) is 13.2 Å². The Hall–Kier alpha value is -1.53. The third-order valence-corrected chi connectivity index (χ3v) is 5.06. The molecule has 0 aromatic carbocycles. The molecular formula is C22H42N2O8S. The fraction of sp³-hybridized carbons (Fsp3) is 0.818. The van der Waals surface area contributed by atoms with Crippen LogP contribution in [0.4, 0.5) is 0 Å². The summed E-state index contributed by atoms with van der Waals surface area (Å²) in [5.74, 6) is -1.54. The van der Waals surface area contributed by atoms with E-state index in [0.29, 0.717) is 25.5 Å². The minimum Gasteiger partial charge on any atom is -0.726 e. The van der Waals surface area contributed by atoms with Crippen LogP contribution < -0.4 is 4.57 Å². The van der Waals surface area contributed by atoms with Crippen LogP contribution in [0.25, 0.3) is 0 Å². The van der Waals surface area contributed by atoms with Crippen molar-refractivity contribution in [2.75, 3.05) is 26.4 Å². The van der Waals surface area contributed by atoms with Gasteiger partial charge in [-0.1, -0.05) is 52.4 Å². The van der Waals surface area contributed by atoms with Gasteiger partial charge in [-0.3, -0.25) is 4.18 Å². The number of hydrogen-bond acceptors (Lipinski definition) is 8. The van der Waals surface area contributed by atoms with E-state index in [1.54, 1.807) is 23.9 Å². The summed E-state index contributed by atoms with van der Waals surface area (Å²) < 4.78 is 52.4. The number of H-pyrrole nitrogens is 1. The van der Waals surface area contributed by atoms with Gasteiger partial charge in [0.2, 0.25) is 10.4 Å². The van der Waals surface area contributed by atoms with E-state index in [9.17, 15) is 17.8 Å². The lowest BCUT2D eigenvalue weighted by molar-refractivity contribution is -0.689. The topological polar surface area (TPSA) is 131 Å². The molecule has 0 radical (unpaired) electrons. The van der Waals surface area contributed by atoms with Gasteiger partial charge in [-0.15, -0.1) is 0 Å². The maximum Gasteiger partial charge on any atom is 0.380 e. The van der Waals surface area contributed by atoms with Gasteiger partial charge in [0.15, 0.2) is 0 Å².